The molecule has 3 unspecified atom stereocenters. The van der Waals surface area contributed by atoms with Crippen molar-refractivity contribution in [1.82, 2.24) is 0 Å². The summed E-state index contributed by atoms with van der Waals surface area (Å²) in [6.07, 6.45) is 4.02. The van der Waals surface area contributed by atoms with Crippen LogP contribution in [0, 0.1) is 5.92 Å². The Balaban J connectivity index is 1.88. The Labute approximate surface area is 139 Å². The van der Waals surface area contributed by atoms with E-state index in [2.05, 4.69) is 15.9 Å². The van der Waals surface area contributed by atoms with Gasteiger partial charge in [-0.2, -0.15) is 0 Å². The van der Waals surface area contributed by atoms with Crippen molar-refractivity contribution in [2.75, 3.05) is 12.0 Å². The maximum Gasteiger partial charge on any atom is 0.150 e. The second-order valence-corrected chi connectivity index (χ2v) is 10.0. The zero-order chi connectivity index (χ0) is 15.5. The number of rotatable bonds is 5. The van der Waals surface area contributed by atoms with E-state index in [-0.39, 0.29) is 11.2 Å². The number of aliphatic hydroxyl groups is 1. The van der Waals surface area contributed by atoms with Gasteiger partial charge in [0, 0.05) is 21.4 Å². The number of benzene rings is 1. The lowest BCUT2D eigenvalue weighted by Gasteiger charge is -2.31. The van der Waals surface area contributed by atoms with Crippen LogP contribution in [0.3, 0.4) is 0 Å². The third-order valence-electron chi connectivity index (χ3n) is 4.05. The van der Waals surface area contributed by atoms with Crippen LogP contribution in [0.25, 0.3) is 0 Å². The van der Waals surface area contributed by atoms with Crippen LogP contribution in [0.2, 0.25) is 0 Å². The van der Waals surface area contributed by atoms with Crippen LogP contribution in [0.5, 0.6) is 0 Å². The van der Waals surface area contributed by atoms with Gasteiger partial charge in [-0.25, -0.2) is 8.42 Å². The molecular formula is C15H21BrO3S2. The summed E-state index contributed by atoms with van der Waals surface area (Å²) in [6.45, 7) is 0. The molecule has 0 amide bonds. The van der Waals surface area contributed by atoms with E-state index in [1.54, 1.807) is 11.8 Å². The molecule has 1 aromatic carbocycles. The molecular weight excluding hydrogens is 372 g/mol. The first-order valence-corrected chi connectivity index (χ1v) is 10.8. The van der Waals surface area contributed by atoms with Gasteiger partial charge in [0.05, 0.1) is 11.4 Å². The Morgan fingerprint density at radius 1 is 1.33 bits per heavy atom. The van der Waals surface area contributed by atoms with Gasteiger partial charge < -0.3 is 5.11 Å². The first kappa shape index (κ1) is 17.3. The highest BCUT2D eigenvalue weighted by Gasteiger charge is 2.32. The number of aliphatic hydroxyl groups excluding tert-OH is 1. The first-order chi connectivity index (χ1) is 9.86. The molecule has 1 aromatic rings. The zero-order valence-corrected chi connectivity index (χ0v) is 15.3. The molecule has 3 atom stereocenters. The number of sulfone groups is 1. The van der Waals surface area contributed by atoms with Gasteiger partial charge >= 0.3 is 0 Å². The lowest BCUT2D eigenvalue weighted by atomic mass is 9.85. The Kier molecular flexibility index (Phi) is 6.17. The van der Waals surface area contributed by atoms with Gasteiger partial charge in [0.1, 0.15) is 9.84 Å². The maximum atomic E-state index is 11.7. The fourth-order valence-electron chi connectivity index (χ4n) is 2.77. The summed E-state index contributed by atoms with van der Waals surface area (Å²) >= 11 is 5.02. The van der Waals surface area contributed by atoms with Crippen LogP contribution in [0.4, 0.5) is 0 Å². The monoisotopic (exact) mass is 392 g/mol. The molecule has 0 bridgehead atoms. The average molecular weight is 393 g/mol. The number of hydrogen-bond acceptors (Lipinski definition) is 4. The second-order valence-electron chi connectivity index (χ2n) is 5.71. The van der Waals surface area contributed by atoms with Gasteiger partial charge in [-0.05, 0) is 49.4 Å². The Bertz CT molecular complexity index is 557. The molecule has 1 fully saturated rings. The molecule has 0 aromatic heterocycles. The number of hydrogen-bond donors (Lipinski definition) is 1. The normalized spacial score (nSPS) is 24.7. The molecule has 0 aliphatic heterocycles. The van der Waals surface area contributed by atoms with Gasteiger partial charge in [0.2, 0.25) is 0 Å². The molecule has 1 saturated carbocycles. The average Bonchev–Trinajstić information content (AvgIpc) is 2.45. The van der Waals surface area contributed by atoms with Crippen LogP contribution >= 0.6 is 27.7 Å². The van der Waals surface area contributed by atoms with E-state index in [1.165, 1.54) is 6.26 Å². The molecule has 0 radical (unpaired) electrons. The minimum Gasteiger partial charge on any atom is -0.392 e. The Morgan fingerprint density at radius 3 is 2.62 bits per heavy atom. The Hall–Kier alpha value is -0.0400. The van der Waals surface area contributed by atoms with Gasteiger partial charge in [-0.15, -0.1) is 11.8 Å². The minimum atomic E-state index is -2.99. The van der Waals surface area contributed by atoms with Crippen molar-refractivity contribution in [3.8, 4) is 0 Å². The number of thioether (sulfide) groups is 1. The third kappa shape index (κ3) is 5.27. The van der Waals surface area contributed by atoms with Crippen LogP contribution < -0.4 is 0 Å². The maximum absolute atomic E-state index is 11.7. The van der Waals surface area contributed by atoms with E-state index in [1.807, 2.05) is 24.3 Å². The summed E-state index contributed by atoms with van der Waals surface area (Å²) in [5, 5.41) is 10.1. The molecule has 21 heavy (non-hydrogen) atoms. The van der Waals surface area contributed by atoms with Crippen LogP contribution in [0.15, 0.2) is 33.6 Å². The lowest BCUT2D eigenvalue weighted by Crippen LogP contribution is -2.34. The van der Waals surface area contributed by atoms with Gasteiger partial charge in [0.25, 0.3) is 0 Å². The van der Waals surface area contributed by atoms with E-state index in [4.69, 9.17) is 0 Å². The van der Waals surface area contributed by atoms with E-state index in [9.17, 15) is 13.5 Å². The van der Waals surface area contributed by atoms with Gasteiger partial charge in [-0.1, -0.05) is 22.4 Å². The predicted molar refractivity (Wildman–Crippen MR) is 91.5 cm³/mol. The molecule has 0 spiro atoms. The Morgan fingerprint density at radius 2 is 2.00 bits per heavy atom. The summed E-state index contributed by atoms with van der Waals surface area (Å²) in [5.74, 6) is 0.712. The van der Waals surface area contributed by atoms with Crippen molar-refractivity contribution >= 4 is 37.5 Å². The summed E-state index contributed by atoms with van der Waals surface area (Å²) in [4.78, 5) is 1.12. The second kappa shape index (κ2) is 7.49. The van der Waals surface area contributed by atoms with Crippen molar-refractivity contribution in [3.63, 3.8) is 0 Å². The van der Waals surface area contributed by atoms with Crippen molar-refractivity contribution in [2.45, 2.75) is 41.9 Å². The van der Waals surface area contributed by atoms with E-state index in [0.29, 0.717) is 12.2 Å². The highest BCUT2D eigenvalue weighted by atomic mass is 79.9. The van der Waals surface area contributed by atoms with Crippen LogP contribution in [-0.2, 0) is 9.84 Å². The molecule has 2 rings (SSSR count). The first-order valence-electron chi connectivity index (χ1n) is 7.11. The molecule has 1 aliphatic carbocycles. The molecule has 1 N–H and O–H groups in total. The zero-order valence-electron chi connectivity index (χ0n) is 12.0. The van der Waals surface area contributed by atoms with Crippen molar-refractivity contribution in [2.24, 2.45) is 5.92 Å². The molecule has 3 nitrogen and oxygen atoms in total. The third-order valence-corrected chi connectivity index (χ3v) is 7.33. The smallest absolute Gasteiger partial charge is 0.150 e. The topological polar surface area (TPSA) is 54.4 Å². The molecule has 1 aliphatic rings. The van der Waals surface area contributed by atoms with Crippen LogP contribution in [0.1, 0.15) is 25.7 Å². The summed E-state index contributed by atoms with van der Waals surface area (Å²) in [7, 11) is -2.99. The standard InChI is InChI=1S/C15H21BrO3S2/c1-21(18,19)14-4-2-3-11(9-14)15(17)10-20-13-7-5-12(16)6-8-13/h5-8,11,14-15,17H,2-4,9-10H2,1H3. The molecule has 0 heterocycles. The minimum absolute atomic E-state index is 0.0985. The van der Waals surface area contributed by atoms with E-state index in [0.717, 1.165) is 28.6 Å². The number of halogens is 1. The van der Waals surface area contributed by atoms with Crippen molar-refractivity contribution in [3.05, 3.63) is 28.7 Å². The summed E-state index contributed by atoms with van der Waals surface area (Å²) in [5.41, 5.74) is 0. The van der Waals surface area contributed by atoms with Gasteiger partial charge in [-0.3, -0.25) is 0 Å². The highest BCUT2D eigenvalue weighted by molar-refractivity contribution is 9.10. The summed E-state index contributed by atoms with van der Waals surface area (Å²) in [6, 6.07) is 7.99. The van der Waals surface area contributed by atoms with E-state index >= 15 is 0 Å². The summed E-state index contributed by atoms with van der Waals surface area (Å²) < 4.78 is 24.4. The lowest BCUT2D eigenvalue weighted by molar-refractivity contribution is 0.106. The molecule has 0 saturated heterocycles. The van der Waals surface area contributed by atoms with E-state index < -0.39 is 15.9 Å². The molecule has 118 valence electrons. The SMILES string of the molecule is CS(=O)(=O)C1CCCC(C(O)CSc2ccc(Br)cc2)C1. The van der Waals surface area contributed by atoms with Crippen molar-refractivity contribution in [1.29, 1.82) is 0 Å². The van der Waals surface area contributed by atoms with Crippen molar-refractivity contribution < 1.29 is 13.5 Å². The largest absolute Gasteiger partial charge is 0.392 e. The fraction of sp³-hybridized carbons (Fsp3) is 0.600. The molecule has 6 heteroatoms. The predicted octanol–water partition coefficient (Wildman–Crippen LogP) is 3.51. The quantitative estimate of drug-likeness (QED) is 0.778. The van der Waals surface area contributed by atoms with Crippen LogP contribution in [-0.4, -0.2) is 36.9 Å². The fourth-order valence-corrected chi connectivity index (χ4v) is 5.19. The highest BCUT2D eigenvalue weighted by Crippen LogP contribution is 2.32. The van der Waals surface area contributed by atoms with Gasteiger partial charge in [0.15, 0.2) is 0 Å².